The van der Waals surface area contributed by atoms with E-state index < -0.39 is 0 Å². The van der Waals surface area contributed by atoms with E-state index in [1.165, 1.54) is 31.5 Å². The van der Waals surface area contributed by atoms with Crippen molar-refractivity contribution in [2.24, 2.45) is 5.92 Å². The van der Waals surface area contributed by atoms with Crippen molar-refractivity contribution in [1.29, 1.82) is 0 Å². The molecule has 1 atom stereocenters. The van der Waals surface area contributed by atoms with Gasteiger partial charge in [-0.2, -0.15) is 0 Å². The van der Waals surface area contributed by atoms with Gasteiger partial charge in [-0.05, 0) is 31.2 Å². The van der Waals surface area contributed by atoms with Crippen LogP contribution >= 0.6 is 0 Å². The van der Waals surface area contributed by atoms with Gasteiger partial charge in [0.05, 0.1) is 23.8 Å². The Balaban J connectivity index is 2.10. The second-order valence-corrected chi connectivity index (χ2v) is 4.70. The van der Waals surface area contributed by atoms with Gasteiger partial charge in [0.25, 0.3) is 0 Å². The van der Waals surface area contributed by atoms with E-state index in [9.17, 15) is 0 Å². The molecule has 0 bridgehead atoms. The molecule has 1 aliphatic rings. The molecule has 0 radical (unpaired) electrons. The molecule has 0 spiro atoms. The molecule has 1 saturated heterocycles. The fraction of sp³-hybridized carbons (Fsp3) is 0.615. The standard InChI is InChI=1S/C13H21N3/c1-11-4-3-6-16(7-5-11)13-8-12(14-2)9-15-10-13/h8-11,14H,3-7H2,1-2H3. The molecule has 2 heterocycles. The van der Waals surface area contributed by atoms with E-state index in [0.29, 0.717) is 0 Å². The number of aromatic nitrogens is 1. The SMILES string of the molecule is CNc1cncc(N2CCCC(C)CC2)c1. The Morgan fingerprint density at radius 3 is 3.00 bits per heavy atom. The minimum absolute atomic E-state index is 0.866. The van der Waals surface area contributed by atoms with Crippen LogP contribution in [0.1, 0.15) is 26.2 Å². The molecule has 0 saturated carbocycles. The van der Waals surface area contributed by atoms with Crippen molar-refractivity contribution in [2.75, 3.05) is 30.4 Å². The number of hydrogen-bond donors (Lipinski definition) is 1. The first-order chi connectivity index (χ1) is 7.79. The van der Waals surface area contributed by atoms with Crippen LogP contribution in [0.3, 0.4) is 0 Å². The van der Waals surface area contributed by atoms with Gasteiger partial charge in [0.2, 0.25) is 0 Å². The molecule has 3 heteroatoms. The summed E-state index contributed by atoms with van der Waals surface area (Å²) in [5.74, 6) is 0.866. The van der Waals surface area contributed by atoms with Crippen LogP contribution in [-0.4, -0.2) is 25.1 Å². The van der Waals surface area contributed by atoms with Crippen molar-refractivity contribution in [3.05, 3.63) is 18.5 Å². The van der Waals surface area contributed by atoms with Crippen LogP contribution in [0.15, 0.2) is 18.5 Å². The molecule has 1 aromatic heterocycles. The van der Waals surface area contributed by atoms with Gasteiger partial charge in [0.1, 0.15) is 0 Å². The first kappa shape index (κ1) is 11.2. The molecule has 1 N–H and O–H groups in total. The zero-order valence-corrected chi connectivity index (χ0v) is 10.2. The normalized spacial score (nSPS) is 21.6. The summed E-state index contributed by atoms with van der Waals surface area (Å²) in [6.07, 6.45) is 7.78. The third-order valence-electron chi connectivity index (χ3n) is 3.39. The van der Waals surface area contributed by atoms with Gasteiger partial charge < -0.3 is 10.2 Å². The van der Waals surface area contributed by atoms with Gasteiger partial charge in [-0.15, -0.1) is 0 Å². The van der Waals surface area contributed by atoms with Crippen LogP contribution in [0.4, 0.5) is 11.4 Å². The summed E-state index contributed by atoms with van der Waals surface area (Å²) >= 11 is 0. The summed E-state index contributed by atoms with van der Waals surface area (Å²) < 4.78 is 0. The highest BCUT2D eigenvalue weighted by Crippen LogP contribution is 2.23. The average Bonchev–Trinajstić information content (AvgIpc) is 2.54. The predicted octanol–water partition coefficient (Wildman–Crippen LogP) is 2.75. The van der Waals surface area contributed by atoms with Gasteiger partial charge in [0.15, 0.2) is 0 Å². The maximum atomic E-state index is 4.28. The number of nitrogens with zero attached hydrogens (tertiary/aromatic N) is 2. The fourth-order valence-corrected chi connectivity index (χ4v) is 2.26. The van der Waals surface area contributed by atoms with Crippen LogP contribution in [0.25, 0.3) is 0 Å². The van der Waals surface area contributed by atoms with Gasteiger partial charge in [-0.3, -0.25) is 4.98 Å². The van der Waals surface area contributed by atoms with Gasteiger partial charge in [-0.1, -0.05) is 6.92 Å². The van der Waals surface area contributed by atoms with Crippen molar-refractivity contribution < 1.29 is 0 Å². The quantitative estimate of drug-likeness (QED) is 0.829. The highest BCUT2D eigenvalue weighted by atomic mass is 15.1. The molecule has 0 amide bonds. The first-order valence-electron chi connectivity index (χ1n) is 6.17. The van der Waals surface area contributed by atoms with E-state index in [-0.39, 0.29) is 0 Å². The molecule has 0 aliphatic carbocycles. The van der Waals surface area contributed by atoms with Crippen LogP contribution in [0.2, 0.25) is 0 Å². The van der Waals surface area contributed by atoms with Crippen LogP contribution in [0, 0.1) is 5.92 Å². The highest BCUT2D eigenvalue weighted by molar-refractivity contribution is 5.55. The Hall–Kier alpha value is -1.25. The Labute approximate surface area is 97.9 Å². The molecular formula is C13H21N3. The molecule has 0 aromatic carbocycles. The fourth-order valence-electron chi connectivity index (χ4n) is 2.26. The molecule has 1 aliphatic heterocycles. The zero-order chi connectivity index (χ0) is 11.4. The third kappa shape index (κ3) is 2.65. The molecule has 16 heavy (non-hydrogen) atoms. The lowest BCUT2D eigenvalue weighted by Crippen LogP contribution is -2.24. The third-order valence-corrected chi connectivity index (χ3v) is 3.39. The molecule has 3 nitrogen and oxygen atoms in total. The van der Waals surface area contributed by atoms with Crippen LogP contribution in [-0.2, 0) is 0 Å². The van der Waals surface area contributed by atoms with E-state index in [0.717, 1.165) is 18.2 Å². The Morgan fingerprint density at radius 1 is 1.31 bits per heavy atom. The highest BCUT2D eigenvalue weighted by Gasteiger charge is 2.14. The van der Waals surface area contributed by atoms with Crippen molar-refractivity contribution in [3.63, 3.8) is 0 Å². The van der Waals surface area contributed by atoms with E-state index in [2.05, 4.69) is 28.2 Å². The van der Waals surface area contributed by atoms with Crippen molar-refractivity contribution in [1.82, 2.24) is 4.98 Å². The minimum Gasteiger partial charge on any atom is -0.387 e. The average molecular weight is 219 g/mol. The summed E-state index contributed by atoms with van der Waals surface area (Å²) in [4.78, 5) is 6.73. The Bertz CT molecular complexity index is 338. The summed E-state index contributed by atoms with van der Waals surface area (Å²) in [6, 6.07) is 2.18. The lowest BCUT2D eigenvalue weighted by Gasteiger charge is -2.22. The lowest BCUT2D eigenvalue weighted by molar-refractivity contribution is 0.521. The Kier molecular flexibility index (Phi) is 3.65. The summed E-state index contributed by atoms with van der Waals surface area (Å²) in [5.41, 5.74) is 2.34. The van der Waals surface area contributed by atoms with E-state index in [1.54, 1.807) is 0 Å². The zero-order valence-electron chi connectivity index (χ0n) is 10.2. The number of hydrogen-bond acceptors (Lipinski definition) is 3. The smallest absolute Gasteiger partial charge is 0.0573 e. The summed E-state index contributed by atoms with van der Waals surface area (Å²) in [7, 11) is 1.94. The summed E-state index contributed by atoms with van der Waals surface area (Å²) in [6.45, 7) is 4.68. The molecular weight excluding hydrogens is 198 g/mol. The molecule has 88 valence electrons. The summed E-state index contributed by atoms with van der Waals surface area (Å²) in [5, 5.41) is 3.14. The maximum absolute atomic E-state index is 4.28. The monoisotopic (exact) mass is 219 g/mol. The van der Waals surface area contributed by atoms with Gasteiger partial charge in [-0.25, -0.2) is 0 Å². The molecule has 1 unspecified atom stereocenters. The van der Waals surface area contributed by atoms with E-state index in [1.807, 2.05) is 19.4 Å². The number of nitrogens with one attached hydrogen (secondary N) is 1. The van der Waals surface area contributed by atoms with Crippen LogP contribution in [0.5, 0.6) is 0 Å². The maximum Gasteiger partial charge on any atom is 0.0573 e. The molecule has 1 fully saturated rings. The van der Waals surface area contributed by atoms with Gasteiger partial charge in [0, 0.05) is 20.1 Å². The van der Waals surface area contributed by atoms with E-state index >= 15 is 0 Å². The number of pyridine rings is 1. The minimum atomic E-state index is 0.866. The van der Waals surface area contributed by atoms with Gasteiger partial charge >= 0.3 is 0 Å². The van der Waals surface area contributed by atoms with E-state index in [4.69, 9.17) is 0 Å². The second kappa shape index (κ2) is 5.19. The Morgan fingerprint density at radius 2 is 2.19 bits per heavy atom. The van der Waals surface area contributed by atoms with Crippen LogP contribution < -0.4 is 10.2 Å². The van der Waals surface area contributed by atoms with Crippen molar-refractivity contribution in [3.8, 4) is 0 Å². The predicted molar refractivity (Wildman–Crippen MR) is 69.0 cm³/mol. The second-order valence-electron chi connectivity index (χ2n) is 4.70. The topological polar surface area (TPSA) is 28.2 Å². The van der Waals surface area contributed by atoms with Crippen molar-refractivity contribution in [2.45, 2.75) is 26.2 Å². The largest absolute Gasteiger partial charge is 0.387 e. The molecule has 2 rings (SSSR count). The molecule has 1 aromatic rings. The number of rotatable bonds is 2. The number of anilines is 2. The lowest BCUT2D eigenvalue weighted by atomic mass is 10.0. The first-order valence-corrected chi connectivity index (χ1v) is 6.17. The van der Waals surface area contributed by atoms with Crippen molar-refractivity contribution >= 4 is 11.4 Å².